The third kappa shape index (κ3) is 4.65. The minimum absolute atomic E-state index is 0.106. The fourth-order valence-electron chi connectivity index (χ4n) is 5.44. The summed E-state index contributed by atoms with van der Waals surface area (Å²) in [5, 5.41) is 13.9. The van der Waals surface area contributed by atoms with Crippen LogP contribution in [0.15, 0.2) is 0 Å². The van der Waals surface area contributed by atoms with E-state index in [1.165, 1.54) is 25.7 Å². The Hall–Kier alpha value is -1.14. The maximum atomic E-state index is 12.8. The molecule has 4 aliphatic rings. The second kappa shape index (κ2) is 8.08. The zero-order chi connectivity index (χ0) is 18.9. The Morgan fingerprint density at radius 3 is 2.52 bits per heavy atom. The molecule has 2 aliphatic carbocycles. The van der Waals surface area contributed by atoms with Crippen molar-refractivity contribution in [3.05, 3.63) is 0 Å². The Kier molecular flexibility index (Phi) is 5.74. The second-order valence-electron chi connectivity index (χ2n) is 9.49. The lowest BCUT2D eigenvalue weighted by Gasteiger charge is -2.51. The lowest BCUT2D eigenvalue weighted by atomic mass is 9.71. The molecule has 2 atom stereocenters. The van der Waals surface area contributed by atoms with E-state index in [0.29, 0.717) is 37.9 Å². The number of aliphatic hydroxyl groups is 1. The van der Waals surface area contributed by atoms with E-state index >= 15 is 0 Å². The molecule has 27 heavy (non-hydrogen) atoms. The van der Waals surface area contributed by atoms with Gasteiger partial charge >= 0.3 is 0 Å². The molecule has 152 valence electrons. The van der Waals surface area contributed by atoms with Crippen molar-refractivity contribution in [2.75, 3.05) is 32.7 Å². The van der Waals surface area contributed by atoms with Gasteiger partial charge < -0.3 is 15.3 Å². The number of nitrogens with one attached hydrogen (secondary N) is 1. The summed E-state index contributed by atoms with van der Waals surface area (Å²) in [6.45, 7) is 3.38. The first-order valence-electron chi connectivity index (χ1n) is 11.0. The van der Waals surface area contributed by atoms with Crippen molar-refractivity contribution in [2.24, 2.45) is 11.3 Å². The van der Waals surface area contributed by atoms with Gasteiger partial charge in [-0.15, -0.1) is 0 Å². The van der Waals surface area contributed by atoms with Crippen LogP contribution in [0.1, 0.15) is 64.2 Å². The maximum Gasteiger partial charge on any atom is 0.234 e. The molecule has 2 N–H and O–H groups in total. The van der Waals surface area contributed by atoms with Crippen LogP contribution in [0.2, 0.25) is 0 Å². The quantitative estimate of drug-likeness (QED) is 0.762. The van der Waals surface area contributed by atoms with Gasteiger partial charge in [-0.25, -0.2) is 0 Å². The molecule has 2 saturated carbocycles. The molecule has 0 radical (unpaired) electrons. The molecule has 6 nitrogen and oxygen atoms in total. The number of nitrogens with zero attached hydrogens (tertiary/aromatic N) is 2. The number of carbonyl (C=O) groups is 2. The van der Waals surface area contributed by atoms with Crippen LogP contribution < -0.4 is 5.32 Å². The number of hydrogen-bond acceptors (Lipinski definition) is 4. The van der Waals surface area contributed by atoms with E-state index in [0.717, 1.165) is 45.3 Å². The predicted octanol–water partition coefficient (Wildman–Crippen LogP) is 1.52. The van der Waals surface area contributed by atoms with Crippen molar-refractivity contribution >= 4 is 11.8 Å². The molecule has 0 bridgehead atoms. The molecule has 0 aromatic carbocycles. The SMILES string of the molecule is O=C(CN1CC[C@@H](O)[C@]2(CCCN(C(=O)CC3CCCC3)C2)C1)NC1CC1. The molecule has 2 heterocycles. The average molecular weight is 378 g/mol. The second-order valence-corrected chi connectivity index (χ2v) is 9.49. The van der Waals surface area contributed by atoms with Crippen molar-refractivity contribution in [1.82, 2.24) is 15.1 Å². The zero-order valence-corrected chi connectivity index (χ0v) is 16.5. The van der Waals surface area contributed by atoms with E-state index < -0.39 is 0 Å². The highest BCUT2D eigenvalue weighted by molar-refractivity contribution is 5.78. The predicted molar refractivity (Wildman–Crippen MR) is 103 cm³/mol. The van der Waals surface area contributed by atoms with Crippen LogP contribution >= 0.6 is 0 Å². The van der Waals surface area contributed by atoms with Crippen molar-refractivity contribution in [3.63, 3.8) is 0 Å². The molecule has 2 saturated heterocycles. The maximum absolute atomic E-state index is 12.8. The molecule has 0 aromatic rings. The van der Waals surface area contributed by atoms with Gasteiger partial charge in [0.2, 0.25) is 11.8 Å². The number of rotatable bonds is 5. The van der Waals surface area contributed by atoms with Crippen LogP contribution in [0.4, 0.5) is 0 Å². The molecule has 2 aliphatic heterocycles. The summed E-state index contributed by atoms with van der Waals surface area (Å²) in [4.78, 5) is 29.2. The van der Waals surface area contributed by atoms with E-state index in [2.05, 4.69) is 10.2 Å². The first-order valence-corrected chi connectivity index (χ1v) is 11.0. The number of aliphatic hydroxyl groups excluding tert-OH is 1. The molecule has 4 fully saturated rings. The third-order valence-corrected chi connectivity index (χ3v) is 7.17. The van der Waals surface area contributed by atoms with Crippen molar-refractivity contribution < 1.29 is 14.7 Å². The van der Waals surface area contributed by atoms with Crippen LogP contribution in [-0.4, -0.2) is 71.6 Å². The molecule has 6 heteroatoms. The lowest BCUT2D eigenvalue weighted by molar-refractivity contribution is -0.143. The summed E-state index contributed by atoms with van der Waals surface area (Å²) in [5.41, 5.74) is -0.262. The van der Waals surface area contributed by atoms with E-state index in [1.54, 1.807) is 0 Å². The van der Waals surface area contributed by atoms with Crippen molar-refractivity contribution in [1.29, 1.82) is 0 Å². The highest BCUT2D eigenvalue weighted by atomic mass is 16.3. The van der Waals surface area contributed by atoms with Crippen LogP contribution in [-0.2, 0) is 9.59 Å². The summed E-state index contributed by atoms with van der Waals surface area (Å²) in [6, 6.07) is 0.389. The number of piperidine rings is 2. The van der Waals surface area contributed by atoms with Crippen LogP contribution in [0.3, 0.4) is 0 Å². The van der Waals surface area contributed by atoms with Gasteiger partial charge in [-0.3, -0.25) is 14.5 Å². The van der Waals surface area contributed by atoms with Crippen LogP contribution in [0.25, 0.3) is 0 Å². The Morgan fingerprint density at radius 2 is 1.78 bits per heavy atom. The topological polar surface area (TPSA) is 72.9 Å². The average Bonchev–Trinajstić information content (AvgIpc) is 3.30. The zero-order valence-electron chi connectivity index (χ0n) is 16.5. The highest BCUT2D eigenvalue weighted by Crippen LogP contribution is 2.39. The lowest BCUT2D eigenvalue weighted by Crippen LogP contribution is -2.60. The molecule has 4 rings (SSSR count). The fraction of sp³-hybridized carbons (Fsp3) is 0.905. The van der Waals surface area contributed by atoms with Gasteiger partial charge in [0.15, 0.2) is 0 Å². The highest BCUT2D eigenvalue weighted by Gasteiger charge is 2.46. The Balaban J connectivity index is 1.35. The van der Waals surface area contributed by atoms with Crippen molar-refractivity contribution in [2.45, 2.75) is 76.4 Å². The molecular weight excluding hydrogens is 342 g/mol. The minimum atomic E-state index is -0.373. The Bertz CT molecular complexity index is 559. The third-order valence-electron chi connectivity index (χ3n) is 7.17. The Morgan fingerprint density at radius 1 is 1.00 bits per heavy atom. The minimum Gasteiger partial charge on any atom is -0.392 e. The van der Waals surface area contributed by atoms with Gasteiger partial charge in [-0.1, -0.05) is 12.8 Å². The van der Waals surface area contributed by atoms with Gasteiger partial charge in [0, 0.05) is 44.1 Å². The molecule has 0 unspecified atom stereocenters. The summed E-state index contributed by atoms with van der Waals surface area (Å²) in [7, 11) is 0. The Labute approximate surface area is 162 Å². The number of amides is 2. The molecular formula is C21H35N3O3. The molecule has 0 aromatic heterocycles. The first-order chi connectivity index (χ1) is 13.0. The van der Waals surface area contributed by atoms with Crippen LogP contribution in [0, 0.1) is 11.3 Å². The normalized spacial score (nSPS) is 32.8. The van der Waals surface area contributed by atoms with E-state index in [4.69, 9.17) is 0 Å². The van der Waals surface area contributed by atoms with E-state index in [-0.39, 0.29) is 23.3 Å². The number of likely N-dealkylation sites (tertiary alicyclic amines) is 2. The number of hydrogen-bond donors (Lipinski definition) is 2. The molecule has 1 spiro atoms. The smallest absolute Gasteiger partial charge is 0.234 e. The van der Waals surface area contributed by atoms with E-state index in [9.17, 15) is 14.7 Å². The monoisotopic (exact) mass is 377 g/mol. The largest absolute Gasteiger partial charge is 0.392 e. The summed E-state index contributed by atoms with van der Waals surface area (Å²) < 4.78 is 0. The van der Waals surface area contributed by atoms with Gasteiger partial charge in [0.05, 0.1) is 12.6 Å². The van der Waals surface area contributed by atoms with Gasteiger partial charge in [-0.05, 0) is 50.9 Å². The van der Waals surface area contributed by atoms with Gasteiger partial charge in [0.1, 0.15) is 0 Å². The van der Waals surface area contributed by atoms with Gasteiger partial charge in [-0.2, -0.15) is 0 Å². The number of carbonyl (C=O) groups excluding carboxylic acids is 2. The summed E-state index contributed by atoms with van der Waals surface area (Å²) in [5.74, 6) is 0.945. The van der Waals surface area contributed by atoms with Crippen molar-refractivity contribution in [3.8, 4) is 0 Å². The van der Waals surface area contributed by atoms with Gasteiger partial charge in [0.25, 0.3) is 0 Å². The fourth-order valence-corrected chi connectivity index (χ4v) is 5.44. The summed E-state index contributed by atoms with van der Waals surface area (Å²) in [6.07, 6.45) is 10.0. The van der Waals surface area contributed by atoms with E-state index in [1.807, 2.05) is 4.90 Å². The summed E-state index contributed by atoms with van der Waals surface area (Å²) >= 11 is 0. The first kappa shape index (κ1) is 19.2. The molecule has 2 amide bonds. The van der Waals surface area contributed by atoms with Crippen LogP contribution in [0.5, 0.6) is 0 Å². The standard InChI is InChI=1S/C21H35N3O3/c25-18-8-11-23(13-19(26)22-17-6-7-17)14-21(18)9-3-10-24(15-21)20(27)12-16-4-1-2-5-16/h16-18,25H,1-15H2,(H,22,26)/t18-,21-/m1/s1.